The van der Waals surface area contributed by atoms with E-state index in [4.69, 9.17) is 4.74 Å². The van der Waals surface area contributed by atoms with Crippen LogP contribution in [0.4, 0.5) is 4.79 Å². The van der Waals surface area contributed by atoms with Gasteiger partial charge in [-0.15, -0.1) is 0 Å². The third-order valence-corrected chi connectivity index (χ3v) is 2.76. The highest BCUT2D eigenvalue weighted by atomic mass is 16.5. The van der Waals surface area contributed by atoms with Crippen LogP contribution in [0.5, 0.6) is 0 Å². The number of likely N-dealkylation sites (N-methyl/N-ethyl adjacent to an activating group) is 1. The van der Waals surface area contributed by atoms with Gasteiger partial charge in [0.15, 0.2) is 0 Å². The maximum atomic E-state index is 11.7. The van der Waals surface area contributed by atoms with Crippen molar-refractivity contribution in [1.29, 1.82) is 0 Å². The molecule has 2 amide bonds. The summed E-state index contributed by atoms with van der Waals surface area (Å²) in [4.78, 5) is 13.2. The molecule has 0 bridgehead atoms. The lowest BCUT2D eigenvalue weighted by Crippen LogP contribution is -2.46. The number of carbonyl (C=O) groups is 1. The van der Waals surface area contributed by atoms with E-state index in [2.05, 4.69) is 5.32 Å². The summed E-state index contributed by atoms with van der Waals surface area (Å²) in [5.41, 5.74) is 0. The fourth-order valence-corrected chi connectivity index (χ4v) is 1.61. The van der Waals surface area contributed by atoms with Crippen molar-refractivity contribution in [3.8, 4) is 0 Å². The number of urea groups is 1. The summed E-state index contributed by atoms with van der Waals surface area (Å²) >= 11 is 0. The largest absolute Gasteiger partial charge is 0.391 e. The minimum atomic E-state index is -0.381. The second kappa shape index (κ2) is 6.06. The first-order chi connectivity index (χ1) is 7.54. The summed E-state index contributed by atoms with van der Waals surface area (Å²) in [6.07, 6.45) is 1.78. The normalized spacial score (nSPS) is 19.0. The molecule has 1 fully saturated rings. The van der Waals surface area contributed by atoms with Crippen molar-refractivity contribution in [2.45, 2.75) is 31.9 Å². The van der Waals surface area contributed by atoms with Crippen LogP contribution in [0.15, 0.2) is 0 Å². The monoisotopic (exact) mass is 230 g/mol. The molecule has 1 rings (SSSR count). The molecular formula is C11H22N2O3. The molecule has 1 aliphatic rings. The van der Waals surface area contributed by atoms with E-state index in [1.165, 1.54) is 4.90 Å². The Morgan fingerprint density at radius 3 is 2.75 bits per heavy atom. The Kier molecular flexibility index (Phi) is 5.02. The molecule has 94 valence electrons. The Morgan fingerprint density at radius 2 is 2.25 bits per heavy atom. The third kappa shape index (κ3) is 4.37. The van der Waals surface area contributed by atoms with Gasteiger partial charge in [-0.2, -0.15) is 0 Å². The number of nitrogens with one attached hydrogen (secondary N) is 1. The molecule has 0 aromatic rings. The lowest BCUT2D eigenvalue weighted by Gasteiger charge is -2.23. The topological polar surface area (TPSA) is 61.8 Å². The van der Waals surface area contributed by atoms with Crippen molar-refractivity contribution >= 4 is 6.03 Å². The van der Waals surface area contributed by atoms with Gasteiger partial charge in [-0.3, -0.25) is 0 Å². The number of amides is 2. The van der Waals surface area contributed by atoms with Gasteiger partial charge >= 0.3 is 6.03 Å². The number of hydrogen-bond donors (Lipinski definition) is 2. The highest BCUT2D eigenvalue weighted by Gasteiger charge is 2.31. The van der Waals surface area contributed by atoms with Crippen molar-refractivity contribution in [2.24, 2.45) is 5.92 Å². The Hall–Kier alpha value is -0.810. The summed E-state index contributed by atoms with van der Waals surface area (Å²) in [6, 6.07) is -0.178. The Balaban J connectivity index is 2.23. The summed E-state index contributed by atoms with van der Waals surface area (Å²) in [7, 11) is 3.30. The first-order valence-corrected chi connectivity index (χ1v) is 5.73. The predicted octanol–water partition coefficient (Wildman–Crippen LogP) is 0.434. The number of aliphatic hydroxyl groups excluding tert-OH is 1. The maximum absolute atomic E-state index is 11.7. The van der Waals surface area contributed by atoms with E-state index < -0.39 is 0 Å². The quantitative estimate of drug-likeness (QED) is 0.695. The van der Waals surface area contributed by atoms with Gasteiger partial charge in [0.1, 0.15) is 0 Å². The number of aliphatic hydroxyl groups is 1. The Labute approximate surface area is 96.8 Å². The third-order valence-electron chi connectivity index (χ3n) is 2.76. The molecule has 2 unspecified atom stereocenters. The molecule has 2 atom stereocenters. The molecule has 0 heterocycles. The second-order valence-electron chi connectivity index (χ2n) is 4.59. The minimum Gasteiger partial charge on any atom is -0.391 e. The van der Waals surface area contributed by atoms with Crippen LogP contribution >= 0.6 is 0 Å². The molecule has 0 saturated heterocycles. The lowest BCUT2D eigenvalue weighted by molar-refractivity contribution is 0.110. The zero-order valence-corrected chi connectivity index (χ0v) is 10.3. The molecule has 5 nitrogen and oxygen atoms in total. The highest BCUT2D eigenvalue weighted by Crippen LogP contribution is 2.32. The van der Waals surface area contributed by atoms with Gasteiger partial charge in [0.05, 0.1) is 18.8 Å². The Bertz CT molecular complexity index is 231. The minimum absolute atomic E-state index is 0.0157. The number of rotatable bonds is 6. The van der Waals surface area contributed by atoms with E-state index in [0.717, 1.165) is 12.8 Å². The molecule has 0 aliphatic heterocycles. The van der Waals surface area contributed by atoms with Crippen molar-refractivity contribution in [3.63, 3.8) is 0 Å². The fourth-order valence-electron chi connectivity index (χ4n) is 1.61. The summed E-state index contributed by atoms with van der Waals surface area (Å²) in [6.45, 7) is 2.77. The fraction of sp³-hybridized carbons (Fsp3) is 0.909. The van der Waals surface area contributed by atoms with Crippen LogP contribution in [0.1, 0.15) is 19.8 Å². The van der Waals surface area contributed by atoms with Crippen LogP contribution in [0.25, 0.3) is 0 Å². The second-order valence-corrected chi connectivity index (χ2v) is 4.59. The van der Waals surface area contributed by atoms with Crippen molar-refractivity contribution < 1.29 is 14.6 Å². The van der Waals surface area contributed by atoms with Crippen LogP contribution in [0.2, 0.25) is 0 Å². The van der Waals surface area contributed by atoms with E-state index >= 15 is 0 Å². The molecule has 0 spiro atoms. The number of nitrogens with zero attached hydrogens (tertiary/aromatic N) is 1. The van der Waals surface area contributed by atoms with E-state index in [1.54, 1.807) is 14.2 Å². The molecule has 1 aliphatic carbocycles. The van der Waals surface area contributed by atoms with Crippen LogP contribution < -0.4 is 5.32 Å². The van der Waals surface area contributed by atoms with E-state index in [1.807, 2.05) is 6.92 Å². The SMILES string of the molecule is COCC(C)NC(=O)N(C)CC(O)C1CC1. The molecule has 0 aromatic heterocycles. The standard InChI is InChI=1S/C11H22N2O3/c1-8(7-16-3)12-11(15)13(2)6-10(14)9-4-5-9/h8-10,14H,4-7H2,1-3H3,(H,12,15). The van der Waals surface area contributed by atoms with Gasteiger partial charge in [-0.05, 0) is 25.7 Å². The molecule has 0 aromatic carbocycles. The van der Waals surface area contributed by atoms with Gasteiger partial charge in [0.25, 0.3) is 0 Å². The van der Waals surface area contributed by atoms with Gasteiger partial charge in [-0.1, -0.05) is 0 Å². The van der Waals surface area contributed by atoms with Gasteiger partial charge < -0.3 is 20.1 Å². The molecule has 2 N–H and O–H groups in total. The van der Waals surface area contributed by atoms with E-state index in [-0.39, 0.29) is 18.2 Å². The summed E-state index contributed by atoms with van der Waals surface area (Å²) in [5.74, 6) is 0.395. The first kappa shape index (κ1) is 13.3. The van der Waals surface area contributed by atoms with E-state index in [0.29, 0.717) is 19.1 Å². The van der Waals surface area contributed by atoms with Crippen LogP contribution in [-0.2, 0) is 4.74 Å². The zero-order chi connectivity index (χ0) is 12.1. The number of carbonyl (C=O) groups excluding carboxylic acids is 1. The van der Waals surface area contributed by atoms with Gasteiger partial charge in [-0.25, -0.2) is 4.79 Å². The number of hydrogen-bond acceptors (Lipinski definition) is 3. The average Bonchev–Trinajstić information content (AvgIpc) is 3.00. The van der Waals surface area contributed by atoms with E-state index in [9.17, 15) is 9.90 Å². The molecule has 5 heteroatoms. The van der Waals surface area contributed by atoms with Crippen molar-refractivity contribution in [1.82, 2.24) is 10.2 Å². The van der Waals surface area contributed by atoms with Crippen molar-refractivity contribution in [3.05, 3.63) is 0 Å². The summed E-state index contributed by atoms with van der Waals surface area (Å²) < 4.78 is 4.93. The average molecular weight is 230 g/mol. The van der Waals surface area contributed by atoms with Crippen LogP contribution in [0, 0.1) is 5.92 Å². The molecule has 0 radical (unpaired) electrons. The molecule has 1 saturated carbocycles. The van der Waals surface area contributed by atoms with Gasteiger partial charge in [0, 0.05) is 20.7 Å². The Morgan fingerprint density at radius 1 is 1.62 bits per heavy atom. The smallest absolute Gasteiger partial charge is 0.317 e. The maximum Gasteiger partial charge on any atom is 0.317 e. The lowest BCUT2D eigenvalue weighted by atomic mass is 10.2. The number of methoxy groups -OCH3 is 1. The van der Waals surface area contributed by atoms with Gasteiger partial charge in [0.2, 0.25) is 0 Å². The summed E-state index contributed by atoms with van der Waals surface area (Å²) in [5, 5.41) is 12.5. The molecular weight excluding hydrogens is 208 g/mol. The van der Waals surface area contributed by atoms with Crippen LogP contribution in [0.3, 0.4) is 0 Å². The zero-order valence-electron chi connectivity index (χ0n) is 10.3. The molecule has 16 heavy (non-hydrogen) atoms. The number of ether oxygens (including phenoxy) is 1. The predicted molar refractivity (Wildman–Crippen MR) is 61.2 cm³/mol. The highest BCUT2D eigenvalue weighted by molar-refractivity contribution is 5.74. The first-order valence-electron chi connectivity index (χ1n) is 5.73. The van der Waals surface area contributed by atoms with Crippen molar-refractivity contribution in [2.75, 3.05) is 27.3 Å². The van der Waals surface area contributed by atoms with Crippen LogP contribution in [-0.4, -0.2) is 55.5 Å².